The topological polar surface area (TPSA) is 9.23 Å². The molecule has 1 nitrogen and oxygen atoms in total. The molecule has 1 atom stereocenters. The second kappa shape index (κ2) is 8.19. The van der Waals surface area contributed by atoms with Gasteiger partial charge in [0.2, 0.25) is 0 Å². The van der Waals surface area contributed by atoms with E-state index < -0.39 is 7.92 Å². The van der Waals surface area contributed by atoms with Crippen LogP contribution in [0.25, 0.3) is 0 Å². The second-order valence-electron chi connectivity index (χ2n) is 4.74. The van der Waals surface area contributed by atoms with Crippen LogP contribution in [-0.4, -0.2) is 12.5 Å². The SMILES string of the molecule is CCCC(OCC)P(c1ccccc1)c1ccccc1. The van der Waals surface area contributed by atoms with E-state index in [9.17, 15) is 0 Å². The third kappa shape index (κ3) is 3.91. The molecule has 2 aromatic rings. The zero-order chi connectivity index (χ0) is 14.2. The van der Waals surface area contributed by atoms with Crippen LogP contribution in [0.1, 0.15) is 26.7 Å². The Kier molecular flexibility index (Phi) is 6.24. The zero-order valence-corrected chi connectivity index (χ0v) is 13.2. The van der Waals surface area contributed by atoms with Crippen LogP contribution in [0.2, 0.25) is 0 Å². The Morgan fingerprint density at radius 2 is 1.35 bits per heavy atom. The third-order valence-corrected chi connectivity index (χ3v) is 5.94. The minimum atomic E-state index is -0.448. The van der Waals surface area contributed by atoms with Crippen molar-refractivity contribution in [2.24, 2.45) is 0 Å². The van der Waals surface area contributed by atoms with E-state index in [4.69, 9.17) is 4.74 Å². The van der Waals surface area contributed by atoms with E-state index >= 15 is 0 Å². The van der Waals surface area contributed by atoms with Gasteiger partial charge in [0.05, 0.1) is 5.85 Å². The van der Waals surface area contributed by atoms with Crippen molar-refractivity contribution in [3.63, 3.8) is 0 Å². The lowest BCUT2D eigenvalue weighted by molar-refractivity contribution is 0.115. The van der Waals surface area contributed by atoms with Crippen LogP contribution >= 0.6 is 7.92 Å². The molecule has 20 heavy (non-hydrogen) atoms. The van der Waals surface area contributed by atoms with Gasteiger partial charge in [0.1, 0.15) is 0 Å². The number of ether oxygens (including phenoxy) is 1. The molecule has 0 saturated carbocycles. The number of hydrogen-bond donors (Lipinski definition) is 0. The highest BCUT2D eigenvalue weighted by atomic mass is 31.1. The Labute approximate surface area is 123 Å². The van der Waals surface area contributed by atoms with E-state index in [1.807, 2.05) is 0 Å². The van der Waals surface area contributed by atoms with Gasteiger partial charge in [-0.15, -0.1) is 0 Å². The second-order valence-corrected chi connectivity index (χ2v) is 7.09. The Bertz CT molecular complexity index is 438. The highest BCUT2D eigenvalue weighted by Gasteiger charge is 2.24. The molecule has 0 heterocycles. The van der Waals surface area contributed by atoms with Crippen molar-refractivity contribution < 1.29 is 4.74 Å². The molecule has 0 radical (unpaired) electrons. The first kappa shape index (κ1) is 15.2. The largest absolute Gasteiger partial charge is 0.373 e. The molecule has 2 rings (SSSR count). The highest BCUT2D eigenvalue weighted by molar-refractivity contribution is 7.73. The maximum atomic E-state index is 6.08. The van der Waals surface area contributed by atoms with Crippen molar-refractivity contribution in [1.82, 2.24) is 0 Å². The summed E-state index contributed by atoms with van der Waals surface area (Å²) >= 11 is 0. The van der Waals surface area contributed by atoms with Crippen molar-refractivity contribution in [1.29, 1.82) is 0 Å². The normalized spacial score (nSPS) is 12.6. The summed E-state index contributed by atoms with van der Waals surface area (Å²) in [5.74, 6) is 0.310. The molecular formula is C18H23OP. The first-order valence-corrected chi connectivity index (χ1v) is 8.78. The molecule has 106 valence electrons. The molecule has 0 N–H and O–H groups in total. The molecule has 0 aliphatic heterocycles. The lowest BCUT2D eigenvalue weighted by atomic mass is 10.3. The van der Waals surface area contributed by atoms with Crippen LogP contribution in [-0.2, 0) is 4.74 Å². The van der Waals surface area contributed by atoms with Crippen LogP contribution in [0.4, 0.5) is 0 Å². The molecule has 0 spiro atoms. The first-order valence-electron chi connectivity index (χ1n) is 7.37. The Balaban J connectivity index is 2.38. The van der Waals surface area contributed by atoms with Gasteiger partial charge < -0.3 is 4.74 Å². The fourth-order valence-electron chi connectivity index (χ4n) is 2.39. The lowest BCUT2D eigenvalue weighted by Crippen LogP contribution is -2.24. The summed E-state index contributed by atoms with van der Waals surface area (Å²) in [6.45, 7) is 5.10. The summed E-state index contributed by atoms with van der Waals surface area (Å²) in [5.41, 5.74) is 0. The average Bonchev–Trinajstić information content (AvgIpc) is 2.50. The van der Waals surface area contributed by atoms with Gasteiger partial charge in [-0.3, -0.25) is 0 Å². The Hall–Kier alpha value is -1.17. The van der Waals surface area contributed by atoms with E-state index in [0.717, 1.165) is 19.4 Å². The third-order valence-electron chi connectivity index (χ3n) is 3.25. The van der Waals surface area contributed by atoms with Crippen molar-refractivity contribution in [2.75, 3.05) is 6.61 Å². The van der Waals surface area contributed by atoms with Crippen molar-refractivity contribution in [3.8, 4) is 0 Å². The quantitative estimate of drug-likeness (QED) is 0.690. The molecule has 0 saturated heterocycles. The molecule has 0 aromatic heterocycles. The van der Waals surface area contributed by atoms with Gasteiger partial charge >= 0.3 is 0 Å². The summed E-state index contributed by atoms with van der Waals surface area (Å²) in [4.78, 5) is 0. The minimum Gasteiger partial charge on any atom is -0.373 e. The molecule has 2 aromatic carbocycles. The molecule has 1 unspecified atom stereocenters. The van der Waals surface area contributed by atoms with E-state index in [1.54, 1.807) is 0 Å². The van der Waals surface area contributed by atoms with E-state index in [0.29, 0.717) is 5.85 Å². The highest BCUT2D eigenvalue weighted by Crippen LogP contribution is 2.42. The number of benzene rings is 2. The van der Waals surface area contributed by atoms with E-state index in [2.05, 4.69) is 74.5 Å². The Morgan fingerprint density at radius 1 is 0.850 bits per heavy atom. The fraction of sp³-hybridized carbons (Fsp3) is 0.333. The monoisotopic (exact) mass is 286 g/mol. The van der Waals surface area contributed by atoms with Crippen LogP contribution in [0.15, 0.2) is 60.7 Å². The van der Waals surface area contributed by atoms with E-state index in [1.165, 1.54) is 10.6 Å². The van der Waals surface area contributed by atoms with Crippen LogP contribution < -0.4 is 10.6 Å². The average molecular weight is 286 g/mol. The minimum absolute atomic E-state index is 0.310. The van der Waals surface area contributed by atoms with Gasteiger partial charge in [0.25, 0.3) is 0 Å². The fourth-order valence-corrected chi connectivity index (χ4v) is 5.15. The Morgan fingerprint density at radius 3 is 1.75 bits per heavy atom. The number of rotatable bonds is 7. The van der Waals surface area contributed by atoms with Gasteiger partial charge in [-0.25, -0.2) is 0 Å². The summed E-state index contributed by atoms with van der Waals surface area (Å²) in [6, 6.07) is 21.6. The predicted molar refractivity (Wildman–Crippen MR) is 89.4 cm³/mol. The molecule has 2 heteroatoms. The molecule has 0 bridgehead atoms. The van der Waals surface area contributed by atoms with Crippen molar-refractivity contribution in [2.45, 2.75) is 32.5 Å². The molecular weight excluding hydrogens is 263 g/mol. The van der Waals surface area contributed by atoms with Gasteiger partial charge in [0, 0.05) is 6.61 Å². The maximum Gasteiger partial charge on any atom is 0.0848 e. The van der Waals surface area contributed by atoms with E-state index in [-0.39, 0.29) is 0 Å². The predicted octanol–water partition coefficient (Wildman–Crippen LogP) is 4.28. The maximum absolute atomic E-state index is 6.08. The lowest BCUT2D eigenvalue weighted by Gasteiger charge is -2.28. The molecule has 0 fully saturated rings. The summed E-state index contributed by atoms with van der Waals surface area (Å²) in [6.07, 6.45) is 2.27. The summed E-state index contributed by atoms with van der Waals surface area (Å²) < 4.78 is 6.08. The van der Waals surface area contributed by atoms with Crippen LogP contribution in [0.5, 0.6) is 0 Å². The summed E-state index contributed by atoms with van der Waals surface area (Å²) in [7, 11) is -0.448. The van der Waals surface area contributed by atoms with Crippen molar-refractivity contribution >= 4 is 18.5 Å². The zero-order valence-electron chi connectivity index (χ0n) is 12.3. The van der Waals surface area contributed by atoms with Crippen LogP contribution in [0.3, 0.4) is 0 Å². The van der Waals surface area contributed by atoms with Crippen molar-refractivity contribution in [3.05, 3.63) is 60.7 Å². The van der Waals surface area contributed by atoms with Gasteiger partial charge in [-0.05, 0) is 31.9 Å². The van der Waals surface area contributed by atoms with Gasteiger partial charge in [-0.1, -0.05) is 74.0 Å². The van der Waals surface area contributed by atoms with Gasteiger partial charge in [-0.2, -0.15) is 0 Å². The smallest absolute Gasteiger partial charge is 0.0848 e. The molecule has 0 amide bonds. The summed E-state index contributed by atoms with van der Waals surface area (Å²) in [5, 5.41) is 2.81. The molecule has 0 aliphatic carbocycles. The van der Waals surface area contributed by atoms with Gasteiger partial charge in [0.15, 0.2) is 0 Å². The molecule has 0 aliphatic rings. The van der Waals surface area contributed by atoms with Crippen LogP contribution in [0, 0.1) is 0 Å². The number of hydrogen-bond acceptors (Lipinski definition) is 1. The standard InChI is InChI=1S/C18H23OP/c1-3-11-18(19-4-2)20(16-12-7-5-8-13-16)17-14-9-6-10-15-17/h5-10,12-15,18H,3-4,11H2,1-2H3. The first-order chi connectivity index (χ1) is 9.86.